The average Bonchev–Trinajstić information content (AvgIpc) is 0. The fourth-order valence-electron chi connectivity index (χ4n) is 0. The molecule has 0 saturated heterocycles. The van der Waals surface area contributed by atoms with Crippen LogP contribution in [-0.4, -0.2) is 24.4 Å². The maximum atomic E-state index is 0. The average molecular weight is 384 g/mol. The van der Waals surface area contributed by atoms with E-state index in [1.165, 1.54) is 0 Å². The molecule has 0 aromatic heterocycles. The van der Waals surface area contributed by atoms with Crippen molar-refractivity contribution in [1.29, 1.82) is 0 Å². The van der Waals surface area contributed by atoms with Crippen LogP contribution in [0.25, 0.3) is 0 Å². The van der Waals surface area contributed by atoms with Crippen LogP contribution >= 0.6 is 0 Å². The van der Waals surface area contributed by atoms with Crippen molar-refractivity contribution in [3.05, 3.63) is 0 Å². The van der Waals surface area contributed by atoms with Gasteiger partial charge in [-0.05, 0) is 0 Å². The first-order chi connectivity index (χ1) is 0. The maximum absolute atomic E-state index is 0. The molecule has 0 rings (SSSR count). The van der Waals surface area contributed by atoms with E-state index in [9.17, 15) is 0 Å². The van der Waals surface area contributed by atoms with E-state index in [1.54, 1.807) is 0 Å². The van der Waals surface area contributed by atoms with E-state index in [1.807, 2.05) is 0 Å². The summed E-state index contributed by atoms with van der Waals surface area (Å²) in [6.45, 7) is 0. The molecule has 0 atom stereocenters. The Labute approximate surface area is 195 Å². The number of rotatable bonds is 0. The van der Waals surface area contributed by atoms with Crippen molar-refractivity contribution < 1.29 is 179 Å². The molecule has 0 aromatic rings. The monoisotopic (exact) mass is 382 g/mol. The van der Waals surface area contributed by atoms with Gasteiger partial charge in [-0.25, -0.2) is 0 Å². The van der Waals surface area contributed by atoms with Gasteiger partial charge in [0.1, 0.15) is 0 Å². The van der Waals surface area contributed by atoms with Crippen LogP contribution in [0, 0.1) is 0 Å². The van der Waals surface area contributed by atoms with Crippen LogP contribution in [0.2, 0.25) is 0 Å². The van der Waals surface area contributed by atoms with Crippen LogP contribution < -0.4 is 175 Å². The quantitative estimate of drug-likeness (QED) is 0.364. The van der Waals surface area contributed by atoms with Gasteiger partial charge in [-0.1, -0.05) is 0 Å². The van der Waals surface area contributed by atoms with Gasteiger partial charge in [-0.2, -0.15) is 0 Å². The van der Waals surface area contributed by atoms with E-state index in [2.05, 4.69) is 0 Å². The molecule has 0 amide bonds. The van der Waals surface area contributed by atoms with Gasteiger partial charge < -0.3 is 4.28 Å². The molecule has 0 aliphatic carbocycles. The summed E-state index contributed by atoms with van der Waals surface area (Å²) < 4.78 is 0. The van der Waals surface area contributed by atoms with Crippen molar-refractivity contribution in [1.82, 2.24) is 0 Å². The standard InChI is InChI=1S/3Rb.Sb.6H/q3*+1;;;;;3*-1. The molecule has 0 radical (unpaired) electrons. The second kappa shape index (κ2) is 16.1. The molecule has 4 heavy (non-hydrogen) atoms. The zero-order valence-electron chi connectivity index (χ0n) is 6.71. The minimum absolute atomic E-state index is 0. The molecule has 14 valence electrons. The summed E-state index contributed by atoms with van der Waals surface area (Å²) in [5, 5.41) is 0. The first-order valence-electron chi connectivity index (χ1n) is 0. The van der Waals surface area contributed by atoms with Crippen molar-refractivity contribution in [2.75, 3.05) is 0 Å². The molecule has 0 heterocycles. The molecule has 0 aliphatic rings. The second-order valence-electron chi connectivity index (χ2n) is 0. The summed E-state index contributed by atoms with van der Waals surface area (Å²) in [6.07, 6.45) is 0. The summed E-state index contributed by atoms with van der Waals surface area (Å²) in [5.41, 5.74) is 0. The molecule has 0 aromatic carbocycles. The Bertz CT molecular complexity index is 10.1. The van der Waals surface area contributed by atoms with Gasteiger partial charge in [0.05, 0.1) is 0 Å². The molecule has 0 aliphatic heterocycles. The fraction of sp³-hybridized carbons (Fsp3) is 0. The fourth-order valence-corrected chi connectivity index (χ4v) is 0. The van der Waals surface area contributed by atoms with Crippen LogP contribution in [-0.2, 0) is 0 Å². The third-order valence-corrected chi connectivity index (χ3v) is 0. The van der Waals surface area contributed by atoms with E-state index in [-0.39, 0.29) is 203 Å². The minimum atomic E-state index is 0. The second-order valence-corrected chi connectivity index (χ2v) is 0. The number of hydrogen-bond acceptors (Lipinski definition) is 0. The Morgan fingerprint density at radius 2 is 0.750 bits per heavy atom. The summed E-state index contributed by atoms with van der Waals surface area (Å²) in [7, 11) is 0. The predicted octanol–water partition coefficient (Wildman–Crippen LogP) is -9.83. The molecule has 0 bridgehead atoms. The van der Waals surface area contributed by atoms with Gasteiger partial charge in [0, 0.05) is 0 Å². The summed E-state index contributed by atoms with van der Waals surface area (Å²) in [5.74, 6) is 0. The molecular weight excluding hydrogens is 378 g/mol. The third-order valence-electron chi connectivity index (χ3n) is 0. The van der Waals surface area contributed by atoms with E-state index in [0.717, 1.165) is 0 Å². The van der Waals surface area contributed by atoms with Crippen molar-refractivity contribution in [3.8, 4) is 0 Å². The van der Waals surface area contributed by atoms with Gasteiger partial charge in [-0.3, -0.25) is 0 Å². The number of hydrogen-bond donors (Lipinski definition) is 0. The Morgan fingerprint density at radius 1 is 0.750 bits per heavy atom. The molecule has 0 saturated carbocycles. The van der Waals surface area contributed by atoms with Gasteiger partial charge in [-0.15, -0.1) is 0 Å². The molecular formula is H6Rb3Sb. The van der Waals surface area contributed by atoms with E-state index in [0.29, 0.717) is 0 Å². The van der Waals surface area contributed by atoms with Gasteiger partial charge >= 0.3 is 199 Å². The SMILES string of the molecule is [H-].[H-].[H-].[Rb+].[Rb+].[Rb+].[SbH3]. The Hall–Kier alpha value is 6.23. The molecule has 0 N–H and O–H groups in total. The molecule has 4 heteroatoms. The third kappa shape index (κ3) is 11.1. The van der Waals surface area contributed by atoms with Crippen LogP contribution in [0.3, 0.4) is 0 Å². The normalized spacial score (nSPS) is 0. The Kier molecular flexibility index (Phi) is 90.4. The molecule has 0 fully saturated rings. The summed E-state index contributed by atoms with van der Waals surface area (Å²) in [4.78, 5) is 0. The van der Waals surface area contributed by atoms with Crippen LogP contribution in [0.4, 0.5) is 0 Å². The molecule has 0 spiro atoms. The van der Waals surface area contributed by atoms with E-state index < -0.39 is 0 Å². The first kappa shape index (κ1) is 22.5. The summed E-state index contributed by atoms with van der Waals surface area (Å²) in [6, 6.07) is 0. The van der Waals surface area contributed by atoms with E-state index in [4.69, 9.17) is 0 Å². The van der Waals surface area contributed by atoms with Crippen molar-refractivity contribution >= 4 is 24.4 Å². The van der Waals surface area contributed by atoms with E-state index >= 15 is 0 Å². The Balaban J connectivity index is 0. The van der Waals surface area contributed by atoms with Crippen LogP contribution in [0.15, 0.2) is 0 Å². The Morgan fingerprint density at radius 3 is 0.750 bits per heavy atom. The van der Waals surface area contributed by atoms with Crippen molar-refractivity contribution in [2.24, 2.45) is 0 Å². The molecule has 0 nitrogen and oxygen atoms in total. The topological polar surface area (TPSA) is 0 Å². The zero-order chi connectivity index (χ0) is 0. The zero-order valence-corrected chi connectivity index (χ0v) is 22.5. The first-order valence-corrected chi connectivity index (χ1v) is 0. The molecule has 0 unspecified atom stereocenters. The summed E-state index contributed by atoms with van der Waals surface area (Å²) >= 11 is 0. The predicted molar refractivity (Wildman–Crippen MR) is 13.3 cm³/mol. The van der Waals surface area contributed by atoms with Gasteiger partial charge in [0.15, 0.2) is 0 Å². The van der Waals surface area contributed by atoms with Crippen LogP contribution in [0.1, 0.15) is 4.28 Å². The van der Waals surface area contributed by atoms with Crippen LogP contribution in [0.5, 0.6) is 0 Å². The van der Waals surface area contributed by atoms with Gasteiger partial charge in [0.25, 0.3) is 0 Å². The van der Waals surface area contributed by atoms with Crippen molar-refractivity contribution in [2.45, 2.75) is 0 Å². The van der Waals surface area contributed by atoms with Gasteiger partial charge in [0.2, 0.25) is 0 Å². The van der Waals surface area contributed by atoms with Crippen molar-refractivity contribution in [3.63, 3.8) is 0 Å².